The molecule has 0 aliphatic carbocycles. The van der Waals surface area contributed by atoms with Gasteiger partial charge in [0.15, 0.2) is 5.43 Å². The summed E-state index contributed by atoms with van der Waals surface area (Å²) in [7, 11) is 0. The molecule has 0 fully saturated rings. The number of rotatable bonds is 2. The molecule has 1 heterocycles. The summed E-state index contributed by atoms with van der Waals surface area (Å²) in [6, 6.07) is 6.06. The zero-order valence-electron chi connectivity index (χ0n) is 8.96. The van der Waals surface area contributed by atoms with Gasteiger partial charge in [-0.3, -0.25) is 4.79 Å². The minimum Gasteiger partial charge on any atom is -0.367 e. The normalized spacial score (nSPS) is 10.4. The van der Waals surface area contributed by atoms with Gasteiger partial charge in [-0.25, -0.2) is 4.39 Å². The van der Waals surface area contributed by atoms with E-state index in [1.807, 2.05) is 6.92 Å². The number of aromatic amines is 1. The number of hydrogen-bond donors (Lipinski definition) is 1. The highest BCUT2D eigenvalue weighted by molar-refractivity contribution is 5.62. The van der Waals surface area contributed by atoms with Crippen molar-refractivity contribution < 1.29 is 4.39 Å². The van der Waals surface area contributed by atoms with Crippen LogP contribution >= 0.6 is 0 Å². The molecule has 0 radical (unpaired) electrons. The third kappa shape index (κ3) is 1.89. The fourth-order valence-electron chi connectivity index (χ4n) is 1.66. The van der Waals surface area contributed by atoms with Crippen LogP contribution in [0.1, 0.15) is 12.5 Å². The smallest absolute Gasteiger partial charge is 0.192 e. The first-order valence-electron chi connectivity index (χ1n) is 5.18. The maximum Gasteiger partial charge on any atom is 0.192 e. The molecule has 82 valence electrons. The first kappa shape index (κ1) is 10.6. The summed E-state index contributed by atoms with van der Waals surface area (Å²) in [4.78, 5) is 14.9. The average Bonchev–Trinajstić information content (AvgIpc) is 2.29. The van der Waals surface area contributed by atoms with Crippen LogP contribution in [-0.4, -0.2) is 4.98 Å². The number of nitrogens with one attached hydrogen (secondary N) is 1. The van der Waals surface area contributed by atoms with Gasteiger partial charge < -0.3 is 4.98 Å². The van der Waals surface area contributed by atoms with E-state index in [0.717, 1.165) is 0 Å². The van der Waals surface area contributed by atoms with Crippen molar-refractivity contribution in [3.05, 3.63) is 58.3 Å². The fourth-order valence-corrected chi connectivity index (χ4v) is 1.66. The van der Waals surface area contributed by atoms with Crippen LogP contribution in [0.5, 0.6) is 0 Å². The van der Waals surface area contributed by atoms with Crippen LogP contribution in [0.4, 0.5) is 4.39 Å². The van der Waals surface area contributed by atoms with E-state index in [0.29, 0.717) is 23.1 Å². The summed E-state index contributed by atoms with van der Waals surface area (Å²) >= 11 is 0. The molecule has 0 amide bonds. The van der Waals surface area contributed by atoms with E-state index in [-0.39, 0.29) is 11.2 Å². The van der Waals surface area contributed by atoms with Crippen molar-refractivity contribution in [1.82, 2.24) is 4.98 Å². The molecule has 1 aromatic carbocycles. The molecular formula is C13H12FNO. The van der Waals surface area contributed by atoms with Crippen molar-refractivity contribution in [1.29, 1.82) is 0 Å². The second-order valence-electron chi connectivity index (χ2n) is 3.59. The predicted octanol–water partition coefficient (Wildman–Crippen LogP) is 2.74. The van der Waals surface area contributed by atoms with E-state index in [1.165, 1.54) is 12.1 Å². The molecule has 0 aliphatic heterocycles. The lowest BCUT2D eigenvalue weighted by Gasteiger charge is -2.03. The van der Waals surface area contributed by atoms with Gasteiger partial charge in [0, 0.05) is 23.5 Å². The molecule has 1 aromatic heterocycles. The Hall–Kier alpha value is -1.90. The van der Waals surface area contributed by atoms with E-state index >= 15 is 0 Å². The topological polar surface area (TPSA) is 32.9 Å². The number of benzene rings is 1. The largest absolute Gasteiger partial charge is 0.367 e. The zero-order chi connectivity index (χ0) is 11.5. The van der Waals surface area contributed by atoms with Crippen molar-refractivity contribution >= 4 is 0 Å². The second kappa shape index (κ2) is 4.31. The lowest BCUT2D eigenvalue weighted by molar-refractivity contribution is 0.628. The lowest BCUT2D eigenvalue weighted by Crippen LogP contribution is -2.10. The number of pyridine rings is 1. The van der Waals surface area contributed by atoms with Crippen molar-refractivity contribution in [2.75, 3.05) is 0 Å². The van der Waals surface area contributed by atoms with Gasteiger partial charge in [0.2, 0.25) is 0 Å². The molecule has 2 aromatic rings. The molecule has 0 atom stereocenters. The first-order chi connectivity index (χ1) is 7.72. The summed E-state index contributed by atoms with van der Waals surface area (Å²) in [5.74, 6) is -0.334. The van der Waals surface area contributed by atoms with Crippen molar-refractivity contribution in [3.8, 4) is 11.1 Å². The van der Waals surface area contributed by atoms with Gasteiger partial charge in [-0.1, -0.05) is 19.1 Å². The number of aromatic nitrogens is 1. The van der Waals surface area contributed by atoms with Gasteiger partial charge in [0.05, 0.1) is 0 Å². The van der Waals surface area contributed by atoms with Crippen molar-refractivity contribution in [3.63, 3.8) is 0 Å². The van der Waals surface area contributed by atoms with Gasteiger partial charge in [-0.05, 0) is 24.1 Å². The van der Waals surface area contributed by atoms with E-state index in [1.54, 1.807) is 24.5 Å². The lowest BCUT2D eigenvalue weighted by atomic mass is 10.0. The Morgan fingerprint density at radius 3 is 2.81 bits per heavy atom. The van der Waals surface area contributed by atoms with Gasteiger partial charge in [-0.2, -0.15) is 0 Å². The van der Waals surface area contributed by atoms with Gasteiger partial charge in [-0.15, -0.1) is 0 Å². The average molecular weight is 217 g/mol. The van der Waals surface area contributed by atoms with Crippen molar-refractivity contribution in [2.45, 2.75) is 13.3 Å². The van der Waals surface area contributed by atoms with Gasteiger partial charge >= 0.3 is 0 Å². The number of aryl methyl sites for hydroxylation is 1. The quantitative estimate of drug-likeness (QED) is 0.824. The highest BCUT2D eigenvalue weighted by Gasteiger charge is 2.06. The molecule has 0 saturated heterocycles. The van der Waals surface area contributed by atoms with Crippen LogP contribution in [-0.2, 0) is 6.42 Å². The van der Waals surface area contributed by atoms with E-state index in [2.05, 4.69) is 4.98 Å². The molecule has 2 rings (SSSR count). The second-order valence-corrected chi connectivity index (χ2v) is 3.59. The minimum atomic E-state index is -0.334. The predicted molar refractivity (Wildman–Crippen MR) is 61.8 cm³/mol. The van der Waals surface area contributed by atoms with E-state index in [9.17, 15) is 9.18 Å². The monoisotopic (exact) mass is 217 g/mol. The maximum atomic E-state index is 13.1. The zero-order valence-corrected chi connectivity index (χ0v) is 8.96. The molecule has 1 N–H and O–H groups in total. The minimum absolute atomic E-state index is 0.0353. The van der Waals surface area contributed by atoms with Crippen LogP contribution in [0.3, 0.4) is 0 Å². The standard InChI is InChI=1S/C13H12FNO/c1-2-9-7-15-8-12(13(9)16)10-4-3-5-11(14)6-10/h3-8H,2H2,1H3,(H,15,16). The molecular weight excluding hydrogens is 205 g/mol. The SMILES string of the molecule is CCc1c[nH]cc(-c2cccc(F)c2)c1=O. The Morgan fingerprint density at radius 2 is 2.12 bits per heavy atom. The Balaban J connectivity index is 2.61. The highest BCUT2D eigenvalue weighted by atomic mass is 19.1. The third-order valence-electron chi connectivity index (χ3n) is 2.54. The van der Waals surface area contributed by atoms with E-state index in [4.69, 9.17) is 0 Å². The Labute approximate surface area is 92.8 Å². The van der Waals surface area contributed by atoms with Gasteiger partial charge in [0.1, 0.15) is 5.82 Å². The molecule has 0 unspecified atom stereocenters. The highest BCUT2D eigenvalue weighted by Crippen LogP contribution is 2.16. The Bertz CT molecular complexity index is 560. The summed E-state index contributed by atoms with van der Waals surface area (Å²) in [5, 5.41) is 0. The molecule has 0 aliphatic rings. The summed E-state index contributed by atoms with van der Waals surface area (Å²) in [5.41, 5.74) is 1.80. The van der Waals surface area contributed by atoms with E-state index < -0.39 is 0 Å². The van der Waals surface area contributed by atoms with Crippen LogP contribution < -0.4 is 5.43 Å². The van der Waals surface area contributed by atoms with Gasteiger partial charge in [0.25, 0.3) is 0 Å². The molecule has 0 saturated carbocycles. The van der Waals surface area contributed by atoms with Crippen molar-refractivity contribution in [2.24, 2.45) is 0 Å². The molecule has 2 nitrogen and oxygen atoms in total. The summed E-state index contributed by atoms with van der Waals surface area (Å²) in [6.07, 6.45) is 3.96. The van der Waals surface area contributed by atoms with Crippen LogP contribution in [0.2, 0.25) is 0 Å². The Kier molecular flexibility index (Phi) is 2.86. The Morgan fingerprint density at radius 1 is 1.31 bits per heavy atom. The van der Waals surface area contributed by atoms with Crippen LogP contribution in [0.15, 0.2) is 41.5 Å². The first-order valence-corrected chi connectivity index (χ1v) is 5.18. The summed E-state index contributed by atoms with van der Waals surface area (Å²) in [6.45, 7) is 1.92. The molecule has 0 spiro atoms. The maximum absolute atomic E-state index is 13.1. The number of H-pyrrole nitrogens is 1. The summed E-state index contributed by atoms with van der Waals surface area (Å²) < 4.78 is 13.1. The third-order valence-corrected chi connectivity index (χ3v) is 2.54. The van der Waals surface area contributed by atoms with Crippen LogP contribution in [0.25, 0.3) is 11.1 Å². The van der Waals surface area contributed by atoms with Crippen LogP contribution in [0, 0.1) is 5.82 Å². The number of hydrogen-bond acceptors (Lipinski definition) is 1. The molecule has 3 heteroatoms. The fraction of sp³-hybridized carbons (Fsp3) is 0.154. The molecule has 16 heavy (non-hydrogen) atoms. The number of halogens is 1. The molecule has 0 bridgehead atoms.